The van der Waals surface area contributed by atoms with E-state index in [2.05, 4.69) is 0 Å². The van der Waals surface area contributed by atoms with Crippen LogP contribution < -0.4 is 0 Å². The minimum atomic E-state index is -0.323. The first-order chi connectivity index (χ1) is 30.7. The third kappa shape index (κ3) is 5.01. The van der Waals surface area contributed by atoms with Crippen LogP contribution in [-0.2, 0) is 0 Å². The quantitative estimate of drug-likeness (QED) is 0.175. The van der Waals surface area contributed by atoms with E-state index in [-0.39, 0.29) is 63.8 Å². The second-order valence-corrected chi connectivity index (χ2v) is 13.9. The van der Waals surface area contributed by atoms with Gasteiger partial charge in [-0.05, 0) is 53.6 Å². The van der Waals surface area contributed by atoms with Crippen LogP contribution in [0.1, 0.15) is 8.22 Å². The molecule has 0 spiro atoms. The Kier molecular flexibility index (Phi) is 5.64. The van der Waals surface area contributed by atoms with Crippen LogP contribution in [0, 0.1) is 0 Å². The largest absolute Gasteiger partial charge is 0.455 e. The van der Waals surface area contributed by atoms with Gasteiger partial charge in [-0.2, -0.15) is 0 Å². The van der Waals surface area contributed by atoms with Gasteiger partial charge in [-0.3, -0.25) is 0 Å². The fourth-order valence-corrected chi connectivity index (χ4v) is 7.85. The van der Waals surface area contributed by atoms with E-state index in [1.54, 1.807) is 0 Å². The van der Waals surface area contributed by atoms with Gasteiger partial charge < -0.3 is 13.3 Å². The molecule has 0 amide bonds. The number of hydrogen-bond donors (Lipinski definition) is 0. The van der Waals surface area contributed by atoms with Crippen LogP contribution in [0.4, 0.5) is 0 Å². The lowest BCUT2D eigenvalue weighted by Gasteiger charge is -2.09. The Balaban J connectivity index is 1.08. The average molecular weight is 738 g/mol. The number of aromatic nitrogens is 3. The Hall–Kier alpha value is -7.83. The fourth-order valence-electron chi connectivity index (χ4n) is 7.85. The number of nitrogens with zero attached hydrogens (tertiary/aromatic N) is 3. The average Bonchev–Trinajstić information content (AvgIpc) is 4.02. The topological polar surface area (TPSA) is 78.1 Å². The van der Waals surface area contributed by atoms with Crippen LogP contribution in [0.15, 0.2) is 189 Å². The number of benzene rings is 8. The van der Waals surface area contributed by atoms with E-state index in [1.807, 2.05) is 133 Å². The molecule has 0 atom stereocenters. The molecule has 12 rings (SSSR count). The highest BCUT2D eigenvalue weighted by Crippen LogP contribution is 2.44. The Labute approximate surface area is 333 Å². The van der Waals surface area contributed by atoms with Gasteiger partial charge in [0.1, 0.15) is 33.5 Å². The monoisotopic (exact) mass is 737 g/mol. The van der Waals surface area contributed by atoms with E-state index in [0.717, 1.165) is 38.2 Å². The Morgan fingerprint density at radius 2 is 0.982 bits per heavy atom. The predicted octanol–water partition coefficient (Wildman–Crippen LogP) is 13.9. The number of rotatable bonds is 5. The Morgan fingerprint density at radius 3 is 1.81 bits per heavy atom. The van der Waals surface area contributed by atoms with Crippen LogP contribution >= 0.6 is 0 Å². The van der Waals surface area contributed by atoms with E-state index in [4.69, 9.17) is 35.1 Å². The van der Waals surface area contributed by atoms with Crippen molar-refractivity contribution in [1.29, 1.82) is 0 Å². The van der Waals surface area contributed by atoms with Crippen LogP contribution in [0.25, 0.3) is 122 Å². The van der Waals surface area contributed by atoms with Crippen molar-refractivity contribution >= 4 is 65.8 Å². The van der Waals surface area contributed by atoms with Gasteiger partial charge in [-0.25, -0.2) is 15.0 Å². The van der Waals surface area contributed by atoms with Crippen LogP contribution in [0.2, 0.25) is 0 Å². The van der Waals surface area contributed by atoms with Gasteiger partial charge >= 0.3 is 0 Å². The zero-order valence-corrected chi connectivity index (χ0v) is 29.8. The Bertz CT molecular complexity index is 3820. The van der Waals surface area contributed by atoms with Crippen molar-refractivity contribution in [2.45, 2.75) is 0 Å². The molecule has 0 saturated heterocycles. The lowest BCUT2D eigenvalue weighted by Crippen LogP contribution is -2.00. The molecule has 0 aliphatic carbocycles. The normalized spacial score (nSPS) is 13.3. The minimum Gasteiger partial charge on any atom is -0.455 e. The molecule has 6 heteroatoms. The van der Waals surface area contributed by atoms with Crippen molar-refractivity contribution < 1.29 is 21.5 Å². The predicted molar refractivity (Wildman–Crippen MR) is 229 cm³/mol. The summed E-state index contributed by atoms with van der Waals surface area (Å²) >= 11 is 0. The van der Waals surface area contributed by atoms with E-state index >= 15 is 0 Å². The lowest BCUT2D eigenvalue weighted by molar-refractivity contribution is 0.668. The summed E-state index contributed by atoms with van der Waals surface area (Å²) in [4.78, 5) is 14.8. The highest BCUT2D eigenvalue weighted by Gasteiger charge is 2.21. The molecule has 0 bridgehead atoms. The SMILES string of the molecule is [2H]c1cc2c(oc3c(-c4cc(-c5ccc6c(c5)oc5c(-c7nc(-c8ccccc8)nc(-c8ccccc8)n7)cccc56)c5oc6ccccc6c5c4)c([2H])c([2H])c([2H])c32)c([2H])c1[2H]. The molecule has 4 aromatic heterocycles. The summed E-state index contributed by atoms with van der Waals surface area (Å²) in [5.41, 5.74) is 7.30. The molecule has 0 unspecified atom stereocenters. The van der Waals surface area contributed by atoms with Crippen molar-refractivity contribution in [3.63, 3.8) is 0 Å². The molecule has 0 radical (unpaired) electrons. The van der Waals surface area contributed by atoms with E-state index in [9.17, 15) is 1.37 Å². The molecule has 57 heavy (non-hydrogen) atoms. The number of furan rings is 3. The summed E-state index contributed by atoms with van der Waals surface area (Å²) in [6.07, 6.45) is 0. The summed E-state index contributed by atoms with van der Waals surface area (Å²) in [6.45, 7) is 0. The van der Waals surface area contributed by atoms with Crippen molar-refractivity contribution in [1.82, 2.24) is 15.0 Å². The smallest absolute Gasteiger partial charge is 0.167 e. The maximum Gasteiger partial charge on any atom is 0.167 e. The van der Waals surface area contributed by atoms with E-state index in [1.165, 1.54) is 6.07 Å². The second-order valence-electron chi connectivity index (χ2n) is 13.9. The zero-order valence-electron chi connectivity index (χ0n) is 35.8. The highest BCUT2D eigenvalue weighted by molar-refractivity contribution is 6.15. The minimum absolute atomic E-state index is 0.0280. The molecule has 0 aliphatic heterocycles. The first kappa shape index (κ1) is 26.1. The van der Waals surface area contributed by atoms with Gasteiger partial charge in [0, 0.05) is 54.6 Å². The van der Waals surface area contributed by atoms with Gasteiger partial charge in [0.05, 0.1) is 13.8 Å². The van der Waals surface area contributed by atoms with Crippen molar-refractivity contribution in [2.75, 3.05) is 0 Å². The summed E-state index contributed by atoms with van der Waals surface area (Å²) in [5, 5.41) is 3.86. The summed E-state index contributed by atoms with van der Waals surface area (Å²) in [5.74, 6) is 1.55. The Morgan fingerprint density at radius 1 is 0.333 bits per heavy atom. The highest BCUT2D eigenvalue weighted by atomic mass is 16.3. The standard InChI is InChI=1S/C51H29N3O3/c1-3-13-30(14-4-1)49-52-50(31-15-5-2-6-16-31)54-51(53-49)40-22-12-21-39-37-26-25-32(29-45(37)57-47(39)40)41-27-33(28-42-36-18-8-10-24-44(36)56-48(41)42)34-19-11-20-38-35-17-7-9-23-43(35)55-46(34)38/h1-29H/i7D,9D,11D,19D,20D,23D. The van der Waals surface area contributed by atoms with Gasteiger partial charge in [-0.15, -0.1) is 0 Å². The van der Waals surface area contributed by atoms with Crippen molar-refractivity contribution in [3.8, 4) is 56.4 Å². The number of hydrogen-bond acceptors (Lipinski definition) is 6. The number of para-hydroxylation sites is 4. The molecule has 0 fully saturated rings. The van der Waals surface area contributed by atoms with Crippen LogP contribution in [0.5, 0.6) is 0 Å². The first-order valence-electron chi connectivity index (χ1n) is 21.4. The molecule has 6 nitrogen and oxygen atoms in total. The first-order valence-corrected chi connectivity index (χ1v) is 18.4. The molecule has 12 aromatic rings. The summed E-state index contributed by atoms with van der Waals surface area (Å²) in [6, 6.07) is 42.8. The molecule has 0 N–H and O–H groups in total. The lowest BCUT2D eigenvalue weighted by atomic mass is 9.94. The van der Waals surface area contributed by atoms with E-state index < -0.39 is 0 Å². The summed E-state index contributed by atoms with van der Waals surface area (Å²) in [7, 11) is 0. The fraction of sp³-hybridized carbons (Fsp3) is 0. The van der Waals surface area contributed by atoms with Crippen LogP contribution in [-0.4, -0.2) is 15.0 Å². The molecule has 0 saturated carbocycles. The third-order valence-corrected chi connectivity index (χ3v) is 10.5. The third-order valence-electron chi connectivity index (χ3n) is 10.5. The molecule has 8 aromatic carbocycles. The maximum atomic E-state index is 9.22. The van der Waals surface area contributed by atoms with Crippen LogP contribution in [0.3, 0.4) is 0 Å². The molecule has 4 heterocycles. The second kappa shape index (κ2) is 12.3. The van der Waals surface area contributed by atoms with Gasteiger partial charge in [0.25, 0.3) is 0 Å². The number of fused-ring (bicyclic) bond motifs is 9. The molecular weight excluding hydrogens is 703 g/mol. The summed E-state index contributed by atoms with van der Waals surface area (Å²) < 4.78 is 71.9. The van der Waals surface area contributed by atoms with Gasteiger partial charge in [-0.1, -0.05) is 133 Å². The van der Waals surface area contributed by atoms with Gasteiger partial charge in [0.2, 0.25) is 0 Å². The molecule has 0 aliphatic rings. The zero-order chi connectivity index (χ0) is 42.7. The van der Waals surface area contributed by atoms with Gasteiger partial charge in [0.15, 0.2) is 17.5 Å². The molecular formula is C51H29N3O3. The van der Waals surface area contributed by atoms with Crippen molar-refractivity contribution in [3.05, 3.63) is 176 Å². The van der Waals surface area contributed by atoms with E-state index in [0.29, 0.717) is 56.5 Å². The van der Waals surface area contributed by atoms with Crippen molar-refractivity contribution in [2.24, 2.45) is 0 Å². The maximum absolute atomic E-state index is 9.22. The molecule has 266 valence electrons.